The molecule has 3 aromatic rings. The summed E-state index contributed by atoms with van der Waals surface area (Å²) < 4.78 is 6.91. The molecule has 1 aromatic heterocycles. The molecule has 0 saturated heterocycles. The predicted molar refractivity (Wildman–Crippen MR) is 161 cm³/mol. The molecule has 0 atom stereocenters. The van der Waals surface area contributed by atoms with Crippen LogP contribution >= 0.6 is 34.8 Å². The van der Waals surface area contributed by atoms with Crippen LogP contribution in [0.3, 0.4) is 0 Å². The standard InChI is InChI=1S/C11H11ClN2O3.C6H6ClNO.2C4H7NO.CHClO2.2Na.H2O/c1-7(2)13-10(15)14(17-11(13)16)9-5-3-8(12)4-6-9;7-5-1-3-6(8-9)4-2-5;2*1-4(2)5-3-6;2-1(3)4;;;/h3-7H,1-2H3;1-4,8-9H;2*4H,1-2H3;(H,3,4);;;1H2/q;;;;;2*+1;/p-2. The second-order valence-electron chi connectivity index (χ2n) is 8.36. The summed E-state index contributed by atoms with van der Waals surface area (Å²) in [6.45, 7) is 10.8. The van der Waals surface area contributed by atoms with Crippen molar-refractivity contribution in [3.05, 3.63) is 79.6 Å². The van der Waals surface area contributed by atoms with Gasteiger partial charge in [0.1, 0.15) is 5.43 Å². The number of halogens is 3. The number of nitrogens with one attached hydrogen (secondary N) is 1. The Bertz CT molecular complexity index is 1390. The van der Waals surface area contributed by atoms with Gasteiger partial charge in [-0.3, -0.25) is 10.7 Å². The molecule has 238 valence electrons. The van der Waals surface area contributed by atoms with Crippen LogP contribution < -0.4 is 81.1 Å². The van der Waals surface area contributed by atoms with Crippen molar-refractivity contribution in [2.75, 3.05) is 5.48 Å². The van der Waals surface area contributed by atoms with E-state index in [0.29, 0.717) is 21.4 Å². The average molecular weight is 711 g/mol. The molecular formula is C26H32Cl3N5Na2O9. The van der Waals surface area contributed by atoms with E-state index in [0.717, 1.165) is 9.31 Å². The number of benzene rings is 2. The Hall–Kier alpha value is -2.00. The molecule has 3 N–H and O–H groups in total. The van der Waals surface area contributed by atoms with Gasteiger partial charge in [-0.05, 0) is 90.1 Å². The number of aliphatic imine (C=N–C) groups is 2. The number of aromatic nitrogens is 2. The molecule has 2 aromatic carbocycles. The van der Waals surface area contributed by atoms with Gasteiger partial charge in [-0.1, -0.05) is 34.8 Å². The first kappa shape index (κ1) is 52.5. The Morgan fingerprint density at radius 1 is 0.867 bits per heavy atom. The minimum atomic E-state index is -1.61. The fourth-order valence-electron chi connectivity index (χ4n) is 2.24. The van der Waals surface area contributed by atoms with Gasteiger partial charge in [0.15, 0.2) is 0 Å². The number of carbonyl (C=O) groups excluding carboxylic acids is 3. The van der Waals surface area contributed by atoms with Crippen LogP contribution in [0.5, 0.6) is 0 Å². The van der Waals surface area contributed by atoms with Crippen LogP contribution in [0.2, 0.25) is 10.0 Å². The van der Waals surface area contributed by atoms with Gasteiger partial charge in [-0.2, -0.15) is 0 Å². The number of hydrogen-bond donors (Lipinski definition) is 2. The van der Waals surface area contributed by atoms with Crippen molar-refractivity contribution in [2.45, 2.75) is 59.7 Å². The zero-order chi connectivity index (χ0) is 32.8. The average Bonchev–Trinajstić information content (AvgIpc) is 3.19. The van der Waals surface area contributed by atoms with Crippen molar-refractivity contribution in [1.29, 1.82) is 0 Å². The Kier molecular flexibility index (Phi) is 35.8. The summed E-state index contributed by atoms with van der Waals surface area (Å²) >= 11 is 15.4. The Morgan fingerprint density at radius 3 is 1.47 bits per heavy atom. The zero-order valence-corrected chi connectivity index (χ0v) is 32.3. The Morgan fingerprint density at radius 2 is 1.22 bits per heavy atom. The van der Waals surface area contributed by atoms with Crippen molar-refractivity contribution < 1.29 is 93.8 Å². The molecule has 0 aliphatic rings. The summed E-state index contributed by atoms with van der Waals surface area (Å²) in [7, 11) is 0. The second-order valence-corrected chi connectivity index (χ2v) is 9.54. The van der Waals surface area contributed by atoms with Crippen molar-refractivity contribution in [3.63, 3.8) is 0 Å². The first-order chi connectivity index (χ1) is 19.6. The van der Waals surface area contributed by atoms with Crippen LogP contribution in [-0.2, 0) is 9.59 Å². The van der Waals surface area contributed by atoms with E-state index in [9.17, 15) is 19.2 Å². The third kappa shape index (κ3) is 26.9. The molecule has 0 fully saturated rings. The second kappa shape index (κ2) is 30.6. The molecule has 45 heavy (non-hydrogen) atoms. The van der Waals surface area contributed by atoms with Crippen molar-refractivity contribution >= 4 is 58.1 Å². The smallest absolute Gasteiger partial charge is 0.870 e. The number of carboxylic acid groups (broad SMARTS) is 1. The predicted octanol–water partition coefficient (Wildman–Crippen LogP) is -1.17. The maximum atomic E-state index is 11.9. The van der Waals surface area contributed by atoms with Crippen LogP contribution in [0.15, 0.2) is 72.6 Å². The maximum Gasteiger partial charge on any atom is 1.00 e. The van der Waals surface area contributed by atoms with E-state index in [1.165, 1.54) is 12.2 Å². The zero-order valence-electron chi connectivity index (χ0n) is 26.0. The molecule has 1 heterocycles. The van der Waals surface area contributed by atoms with Crippen LogP contribution in [0.25, 0.3) is 5.69 Å². The molecule has 0 amide bonds. The topological polar surface area (TPSA) is 218 Å². The van der Waals surface area contributed by atoms with Gasteiger partial charge in [0, 0.05) is 16.1 Å². The number of nitrogens with zero attached hydrogens (tertiary/aromatic N) is 4. The third-order valence-electron chi connectivity index (χ3n) is 3.92. The van der Waals surface area contributed by atoms with Crippen molar-refractivity contribution in [2.24, 2.45) is 9.98 Å². The monoisotopic (exact) mass is 709 g/mol. The van der Waals surface area contributed by atoms with Crippen LogP contribution in [0, 0.1) is 0 Å². The van der Waals surface area contributed by atoms with E-state index < -0.39 is 16.9 Å². The van der Waals surface area contributed by atoms with E-state index in [2.05, 4.69) is 21.6 Å². The Labute approximate surface area is 318 Å². The summed E-state index contributed by atoms with van der Waals surface area (Å²) in [5.74, 6) is -0.667. The molecule has 0 saturated carbocycles. The van der Waals surface area contributed by atoms with Crippen molar-refractivity contribution in [1.82, 2.24) is 9.31 Å². The minimum Gasteiger partial charge on any atom is -0.870 e. The molecule has 0 spiro atoms. The van der Waals surface area contributed by atoms with Crippen LogP contribution in [0.1, 0.15) is 47.6 Å². The van der Waals surface area contributed by atoms with E-state index in [4.69, 9.17) is 42.8 Å². The van der Waals surface area contributed by atoms with Crippen LogP contribution in [-0.4, -0.2) is 49.7 Å². The molecule has 0 bridgehead atoms. The van der Waals surface area contributed by atoms with Gasteiger partial charge in [-0.15, -0.1) is 4.74 Å². The molecule has 3 rings (SSSR count). The largest absolute Gasteiger partial charge is 1.00 e. The molecular weight excluding hydrogens is 679 g/mol. The first-order valence-corrected chi connectivity index (χ1v) is 13.0. The number of anilines is 1. The number of isocyanates is 2. The molecule has 0 aliphatic carbocycles. The minimum absolute atomic E-state index is 0. The SMILES string of the molecule is CC(C)N=C=O.CC(C)N=C=O.CC(C)n1c(=O)on(-c2ccc(Cl)cc2)c1=O.O=C([O-])Cl.ONc1ccc(Cl)cc1.[Na+].[Na+].[OH-]. The fourth-order valence-corrected chi connectivity index (χ4v) is 2.50. The number of carbonyl (C=O) groups is 1. The maximum absolute atomic E-state index is 11.9. The van der Waals surface area contributed by atoms with E-state index in [-0.39, 0.29) is 82.7 Å². The van der Waals surface area contributed by atoms with E-state index >= 15 is 0 Å². The molecule has 0 radical (unpaired) electrons. The molecule has 0 unspecified atom stereocenters. The summed E-state index contributed by atoms with van der Waals surface area (Å²) in [5.41, 5.74) is 0.998. The van der Waals surface area contributed by atoms with Crippen molar-refractivity contribution in [3.8, 4) is 5.69 Å². The quantitative estimate of drug-likeness (QED) is 0.106. The summed E-state index contributed by atoms with van der Waals surface area (Å²) in [6, 6.07) is 13.2. The third-order valence-corrected chi connectivity index (χ3v) is 4.42. The van der Waals surface area contributed by atoms with Gasteiger partial charge in [-0.25, -0.2) is 33.7 Å². The van der Waals surface area contributed by atoms with Gasteiger partial charge < -0.3 is 19.9 Å². The number of hydrogen-bond acceptors (Lipinski definition) is 12. The van der Waals surface area contributed by atoms with E-state index in [1.807, 2.05) is 33.2 Å². The fraction of sp³-hybridized carbons (Fsp3) is 0.346. The van der Waals surface area contributed by atoms with Gasteiger partial charge in [0.25, 0.3) is 0 Å². The molecule has 19 heteroatoms. The van der Waals surface area contributed by atoms with Gasteiger partial charge in [0.05, 0.1) is 23.5 Å². The normalized spacial score (nSPS) is 8.64. The van der Waals surface area contributed by atoms with Gasteiger partial charge in [0.2, 0.25) is 12.2 Å². The molecule has 14 nitrogen and oxygen atoms in total. The van der Waals surface area contributed by atoms with Gasteiger partial charge >= 0.3 is 70.6 Å². The van der Waals surface area contributed by atoms with Crippen LogP contribution in [0.4, 0.5) is 10.5 Å². The van der Waals surface area contributed by atoms with E-state index in [1.54, 1.807) is 62.4 Å². The summed E-state index contributed by atoms with van der Waals surface area (Å²) in [4.78, 5) is 57.3. The summed E-state index contributed by atoms with van der Waals surface area (Å²) in [6.07, 6.45) is 2.88. The molecule has 0 aliphatic heterocycles. The first-order valence-electron chi connectivity index (χ1n) is 11.9. The number of rotatable bonds is 5. The summed E-state index contributed by atoms with van der Waals surface area (Å²) in [5, 5.41) is 18.2. The Balaban J connectivity index is -0.000000163.